The van der Waals surface area contributed by atoms with E-state index in [9.17, 15) is 13.6 Å². The van der Waals surface area contributed by atoms with Crippen molar-refractivity contribution in [3.63, 3.8) is 0 Å². The fourth-order valence-corrected chi connectivity index (χ4v) is 4.35. The second-order valence-corrected chi connectivity index (χ2v) is 7.93. The van der Waals surface area contributed by atoms with Crippen LogP contribution in [0.5, 0.6) is 0 Å². The molecule has 0 N–H and O–H groups in total. The first kappa shape index (κ1) is 19.5. The van der Waals surface area contributed by atoms with E-state index in [-0.39, 0.29) is 17.2 Å². The molecule has 0 aliphatic carbocycles. The van der Waals surface area contributed by atoms with E-state index in [0.717, 1.165) is 29.9 Å². The van der Waals surface area contributed by atoms with E-state index in [0.29, 0.717) is 25.2 Å². The Bertz CT molecular complexity index is 1050. The Hall–Kier alpha value is -2.81. The summed E-state index contributed by atoms with van der Waals surface area (Å²) in [6.07, 6.45) is 2.40. The van der Waals surface area contributed by atoms with Crippen molar-refractivity contribution in [1.82, 2.24) is 19.7 Å². The van der Waals surface area contributed by atoms with Gasteiger partial charge in [-0.15, -0.1) is 11.3 Å². The summed E-state index contributed by atoms with van der Waals surface area (Å²) in [4.78, 5) is 21.7. The van der Waals surface area contributed by atoms with Gasteiger partial charge in [0.05, 0.1) is 11.3 Å². The molecule has 1 saturated heterocycles. The van der Waals surface area contributed by atoms with Crippen LogP contribution in [0.4, 0.5) is 13.9 Å². The highest BCUT2D eigenvalue weighted by atomic mass is 32.1. The van der Waals surface area contributed by atoms with Crippen LogP contribution in [0, 0.1) is 18.6 Å². The quantitative estimate of drug-likeness (QED) is 0.655. The number of hydrogen-bond acceptors (Lipinski definition) is 5. The van der Waals surface area contributed by atoms with Crippen LogP contribution >= 0.6 is 11.3 Å². The van der Waals surface area contributed by atoms with E-state index in [4.69, 9.17) is 0 Å². The van der Waals surface area contributed by atoms with Crippen molar-refractivity contribution in [2.24, 2.45) is 7.05 Å². The van der Waals surface area contributed by atoms with Gasteiger partial charge in [-0.25, -0.2) is 13.8 Å². The Morgan fingerprint density at radius 1 is 1.17 bits per heavy atom. The lowest BCUT2D eigenvalue weighted by Gasteiger charge is -2.21. The molecule has 0 bridgehead atoms. The number of benzene rings is 1. The lowest BCUT2D eigenvalue weighted by atomic mass is 10.1. The molecule has 3 aromatic rings. The Kier molecular flexibility index (Phi) is 5.31. The van der Waals surface area contributed by atoms with Crippen molar-refractivity contribution in [3.05, 3.63) is 52.7 Å². The first-order valence-electron chi connectivity index (χ1n) is 9.38. The molecule has 0 radical (unpaired) electrons. The Morgan fingerprint density at radius 3 is 2.72 bits per heavy atom. The average molecular weight is 417 g/mol. The van der Waals surface area contributed by atoms with Gasteiger partial charge in [-0.2, -0.15) is 5.10 Å². The number of anilines is 1. The number of halogens is 2. The number of carbonyl (C=O) groups is 1. The SMILES string of the molecule is Cc1csc(N2CCCN(C(=O)c3cn(C)nc3-c3ccc(F)cc3F)CC2)n1. The summed E-state index contributed by atoms with van der Waals surface area (Å²) < 4.78 is 29.1. The van der Waals surface area contributed by atoms with Crippen LogP contribution in [-0.4, -0.2) is 51.8 Å². The van der Waals surface area contributed by atoms with Crippen LogP contribution in [0.1, 0.15) is 22.5 Å². The molecule has 1 aliphatic rings. The molecule has 1 amide bonds. The first-order valence-corrected chi connectivity index (χ1v) is 10.3. The van der Waals surface area contributed by atoms with Crippen molar-refractivity contribution < 1.29 is 13.6 Å². The van der Waals surface area contributed by atoms with Crippen LogP contribution < -0.4 is 4.90 Å². The minimum Gasteiger partial charge on any atom is -0.346 e. The van der Waals surface area contributed by atoms with Gasteiger partial charge in [0, 0.05) is 56.4 Å². The molecule has 2 aromatic heterocycles. The van der Waals surface area contributed by atoms with Crippen LogP contribution in [-0.2, 0) is 7.05 Å². The zero-order valence-electron chi connectivity index (χ0n) is 16.2. The average Bonchev–Trinajstić information content (AvgIpc) is 3.19. The van der Waals surface area contributed by atoms with Crippen molar-refractivity contribution in [2.75, 3.05) is 31.1 Å². The molecule has 6 nitrogen and oxygen atoms in total. The lowest BCUT2D eigenvalue weighted by molar-refractivity contribution is 0.0767. The summed E-state index contributed by atoms with van der Waals surface area (Å²) in [6, 6.07) is 3.29. The number of rotatable bonds is 3. The molecule has 1 aromatic carbocycles. The summed E-state index contributed by atoms with van der Waals surface area (Å²) in [5.41, 5.74) is 1.65. The van der Waals surface area contributed by atoms with Gasteiger partial charge in [0.1, 0.15) is 17.3 Å². The number of thiazole rings is 1. The van der Waals surface area contributed by atoms with Crippen molar-refractivity contribution >= 4 is 22.4 Å². The highest BCUT2D eigenvalue weighted by Crippen LogP contribution is 2.27. The number of carbonyl (C=O) groups excluding carboxylic acids is 1. The van der Waals surface area contributed by atoms with Gasteiger partial charge in [0.2, 0.25) is 0 Å². The normalized spacial score (nSPS) is 14.9. The summed E-state index contributed by atoms with van der Waals surface area (Å²) >= 11 is 1.60. The maximum atomic E-state index is 14.3. The summed E-state index contributed by atoms with van der Waals surface area (Å²) in [6.45, 7) is 4.60. The summed E-state index contributed by atoms with van der Waals surface area (Å²) in [7, 11) is 1.68. The van der Waals surface area contributed by atoms with E-state index < -0.39 is 11.6 Å². The van der Waals surface area contributed by atoms with E-state index in [1.165, 1.54) is 16.8 Å². The number of amides is 1. The third-order valence-corrected chi connectivity index (χ3v) is 5.93. The number of aryl methyl sites for hydroxylation is 2. The number of hydrogen-bond donors (Lipinski definition) is 0. The molecule has 0 spiro atoms. The Morgan fingerprint density at radius 2 is 2.00 bits per heavy atom. The molecule has 4 rings (SSSR count). The highest BCUT2D eigenvalue weighted by molar-refractivity contribution is 7.13. The van der Waals surface area contributed by atoms with E-state index >= 15 is 0 Å². The van der Waals surface area contributed by atoms with Gasteiger partial charge in [0.25, 0.3) is 5.91 Å². The molecule has 0 saturated carbocycles. The van der Waals surface area contributed by atoms with E-state index in [2.05, 4.69) is 15.0 Å². The van der Waals surface area contributed by atoms with Gasteiger partial charge in [-0.05, 0) is 25.5 Å². The zero-order valence-corrected chi connectivity index (χ0v) is 17.0. The lowest BCUT2D eigenvalue weighted by Crippen LogP contribution is -2.35. The second kappa shape index (κ2) is 7.90. The van der Waals surface area contributed by atoms with Crippen molar-refractivity contribution in [1.29, 1.82) is 0 Å². The largest absolute Gasteiger partial charge is 0.346 e. The third-order valence-electron chi connectivity index (χ3n) is 4.91. The minimum atomic E-state index is -0.737. The molecular weight excluding hydrogens is 396 g/mol. The predicted octanol–water partition coefficient (Wildman–Crippen LogP) is 3.48. The van der Waals surface area contributed by atoms with Crippen LogP contribution in [0.25, 0.3) is 11.3 Å². The van der Waals surface area contributed by atoms with Gasteiger partial charge < -0.3 is 9.80 Å². The second-order valence-electron chi connectivity index (χ2n) is 7.09. The van der Waals surface area contributed by atoms with Crippen molar-refractivity contribution in [3.8, 4) is 11.3 Å². The topological polar surface area (TPSA) is 54.3 Å². The van der Waals surface area contributed by atoms with Gasteiger partial charge in [0.15, 0.2) is 5.13 Å². The number of aromatic nitrogens is 3. The molecule has 0 unspecified atom stereocenters. The summed E-state index contributed by atoms with van der Waals surface area (Å²) in [5, 5.41) is 7.25. The predicted molar refractivity (Wildman–Crippen MR) is 108 cm³/mol. The van der Waals surface area contributed by atoms with Gasteiger partial charge >= 0.3 is 0 Å². The zero-order chi connectivity index (χ0) is 20.5. The van der Waals surface area contributed by atoms with Crippen LogP contribution in [0.2, 0.25) is 0 Å². The Labute approximate surface area is 171 Å². The van der Waals surface area contributed by atoms with Gasteiger partial charge in [-0.3, -0.25) is 9.48 Å². The highest BCUT2D eigenvalue weighted by Gasteiger charge is 2.26. The number of nitrogens with zero attached hydrogens (tertiary/aromatic N) is 5. The standard InChI is InChI=1S/C20H21F2N5OS/c1-13-12-29-20(23-13)27-7-3-6-26(8-9-27)19(28)16-11-25(2)24-18(16)15-5-4-14(21)10-17(15)22/h4-5,10-12H,3,6-9H2,1-2H3. The molecule has 1 fully saturated rings. The van der Waals surface area contributed by atoms with Crippen LogP contribution in [0.3, 0.4) is 0 Å². The van der Waals surface area contributed by atoms with Crippen LogP contribution in [0.15, 0.2) is 29.8 Å². The monoisotopic (exact) mass is 417 g/mol. The minimum absolute atomic E-state index is 0.116. The molecule has 3 heterocycles. The van der Waals surface area contributed by atoms with Gasteiger partial charge in [-0.1, -0.05) is 0 Å². The molecular formula is C20H21F2N5OS. The maximum Gasteiger partial charge on any atom is 0.257 e. The smallest absolute Gasteiger partial charge is 0.257 e. The third kappa shape index (κ3) is 4.00. The maximum absolute atomic E-state index is 14.3. The van der Waals surface area contributed by atoms with E-state index in [1.807, 2.05) is 12.3 Å². The molecule has 0 atom stereocenters. The fourth-order valence-electron chi connectivity index (χ4n) is 3.49. The first-order chi connectivity index (χ1) is 13.9. The molecule has 9 heteroatoms. The molecule has 152 valence electrons. The van der Waals surface area contributed by atoms with Crippen molar-refractivity contribution in [2.45, 2.75) is 13.3 Å². The summed E-state index contributed by atoms with van der Waals surface area (Å²) in [5.74, 6) is -1.60. The molecule has 29 heavy (non-hydrogen) atoms. The fraction of sp³-hybridized carbons (Fsp3) is 0.350. The Balaban J connectivity index is 1.57. The van der Waals surface area contributed by atoms with E-state index in [1.54, 1.807) is 29.5 Å². The molecule has 1 aliphatic heterocycles.